The van der Waals surface area contributed by atoms with Gasteiger partial charge in [0.15, 0.2) is 0 Å². The number of ether oxygens (including phenoxy) is 1. The second kappa shape index (κ2) is 9.06. The van der Waals surface area contributed by atoms with E-state index in [0.717, 1.165) is 22.4 Å². The highest BCUT2D eigenvalue weighted by Gasteiger charge is 2.32. The molecule has 40 heavy (non-hydrogen) atoms. The van der Waals surface area contributed by atoms with Crippen LogP contribution in [0.15, 0.2) is 54.9 Å². The van der Waals surface area contributed by atoms with E-state index in [2.05, 4.69) is 33.0 Å². The van der Waals surface area contributed by atoms with E-state index in [0.29, 0.717) is 33.5 Å². The van der Waals surface area contributed by atoms with Crippen LogP contribution in [-0.2, 0) is 7.05 Å². The van der Waals surface area contributed by atoms with Gasteiger partial charge in [0.05, 0.1) is 34.2 Å². The van der Waals surface area contributed by atoms with E-state index in [1.165, 1.54) is 29.9 Å². The zero-order valence-corrected chi connectivity index (χ0v) is 22.0. The van der Waals surface area contributed by atoms with E-state index in [-0.39, 0.29) is 24.0 Å². The van der Waals surface area contributed by atoms with Gasteiger partial charge in [-0.15, -0.1) is 0 Å². The molecule has 0 unspecified atom stereocenters. The highest BCUT2D eigenvalue weighted by molar-refractivity contribution is 6.10. The van der Waals surface area contributed by atoms with Crippen LogP contribution in [0.5, 0.6) is 5.75 Å². The summed E-state index contributed by atoms with van der Waals surface area (Å²) < 4.78 is 22.8. The SMILES string of the molecule is CN(C(=O)c1cc2c(cc1F)nc(N)c1cnn(C)c12)[C@@H]1COc2cc(C#Cc3ccc(C4CC4)nc3)ccc21. The number of fused-ring (bicyclic) bond motifs is 4. The van der Waals surface area contributed by atoms with Crippen molar-refractivity contribution < 1.29 is 13.9 Å². The lowest BCUT2D eigenvalue weighted by Gasteiger charge is -2.24. The van der Waals surface area contributed by atoms with Gasteiger partial charge in [-0.05, 0) is 43.2 Å². The van der Waals surface area contributed by atoms with Crippen molar-refractivity contribution >= 4 is 33.5 Å². The number of likely N-dealkylation sites (N-methyl/N-ethyl adjacent to an activating group) is 1. The standard InChI is InChI=1S/C31H25FN6O2/c1-37(31(39)21-12-22-26(13-24(21)32)36-30(33)23-15-35-38(2)29(22)23)27-16-40-28-11-17(5-9-20(27)28)3-4-18-6-10-25(34-14-18)19-7-8-19/h5-6,9-15,19,27H,7-8,16H2,1-2H3,(H2,33,36)/t27-/m1/s1. The molecule has 2 aliphatic rings. The number of halogens is 1. The Hall–Kier alpha value is -4.97. The number of nitrogens with zero attached hydrogens (tertiary/aromatic N) is 5. The number of carbonyl (C=O) groups excluding carboxylic acids is 1. The molecule has 9 heteroatoms. The second-order valence-corrected chi connectivity index (χ2v) is 10.4. The third kappa shape index (κ3) is 4.00. The van der Waals surface area contributed by atoms with Crippen molar-refractivity contribution in [2.45, 2.75) is 24.8 Å². The van der Waals surface area contributed by atoms with Gasteiger partial charge in [0.25, 0.3) is 5.91 Å². The van der Waals surface area contributed by atoms with Crippen LogP contribution in [0.2, 0.25) is 0 Å². The van der Waals surface area contributed by atoms with Crippen LogP contribution in [0.3, 0.4) is 0 Å². The summed E-state index contributed by atoms with van der Waals surface area (Å²) in [5.41, 5.74) is 10.7. The smallest absolute Gasteiger partial charge is 0.257 e. The second-order valence-electron chi connectivity index (χ2n) is 10.4. The van der Waals surface area contributed by atoms with Crippen LogP contribution in [-0.4, -0.2) is 44.2 Å². The molecule has 1 aliphatic carbocycles. The molecule has 2 N–H and O–H groups in total. The first kappa shape index (κ1) is 24.1. The van der Waals surface area contributed by atoms with Crippen molar-refractivity contribution in [2.75, 3.05) is 19.4 Å². The number of carbonyl (C=O) groups is 1. The van der Waals surface area contributed by atoms with Crippen LogP contribution in [0.1, 0.15) is 57.5 Å². The van der Waals surface area contributed by atoms with E-state index in [4.69, 9.17) is 10.5 Å². The topological polar surface area (TPSA) is 99.2 Å². The van der Waals surface area contributed by atoms with Crippen molar-refractivity contribution in [1.29, 1.82) is 0 Å². The maximum Gasteiger partial charge on any atom is 0.257 e. The van der Waals surface area contributed by atoms with Crippen LogP contribution < -0.4 is 10.5 Å². The molecule has 0 spiro atoms. The molecular formula is C31H25FN6O2. The normalized spacial score (nSPS) is 15.9. The van der Waals surface area contributed by atoms with E-state index in [1.807, 2.05) is 30.5 Å². The molecule has 1 aliphatic heterocycles. The zero-order valence-electron chi connectivity index (χ0n) is 22.0. The minimum atomic E-state index is -0.665. The van der Waals surface area contributed by atoms with Gasteiger partial charge in [0.2, 0.25) is 0 Å². The Balaban J connectivity index is 1.15. The molecule has 8 nitrogen and oxygen atoms in total. The summed E-state index contributed by atoms with van der Waals surface area (Å²) in [7, 11) is 3.42. The van der Waals surface area contributed by atoms with Crippen LogP contribution >= 0.6 is 0 Å². The van der Waals surface area contributed by atoms with Gasteiger partial charge < -0.3 is 15.4 Å². The first-order valence-electron chi connectivity index (χ1n) is 13.1. The third-order valence-corrected chi connectivity index (χ3v) is 7.72. The fraction of sp³-hybridized carbons (Fsp3) is 0.226. The number of nitrogen functional groups attached to an aromatic ring is 1. The third-order valence-electron chi connectivity index (χ3n) is 7.72. The lowest BCUT2D eigenvalue weighted by molar-refractivity contribution is 0.0704. The maximum atomic E-state index is 15.2. The minimum absolute atomic E-state index is 0.0543. The molecular weight excluding hydrogens is 507 g/mol. The minimum Gasteiger partial charge on any atom is -0.491 e. The van der Waals surface area contributed by atoms with Crippen molar-refractivity contribution in [3.8, 4) is 17.6 Å². The molecule has 1 amide bonds. The Kier molecular flexibility index (Phi) is 5.46. The number of hydrogen-bond donors (Lipinski definition) is 1. The van der Waals surface area contributed by atoms with E-state index < -0.39 is 11.7 Å². The monoisotopic (exact) mass is 532 g/mol. The number of anilines is 1. The van der Waals surface area contributed by atoms with Crippen LogP contribution in [0, 0.1) is 17.7 Å². The van der Waals surface area contributed by atoms with Crippen molar-refractivity contribution in [3.05, 3.63) is 88.6 Å². The number of aryl methyl sites for hydroxylation is 1. The highest BCUT2D eigenvalue weighted by Crippen LogP contribution is 2.39. The number of pyridine rings is 2. The van der Waals surface area contributed by atoms with E-state index in [9.17, 15) is 4.79 Å². The first-order valence-corrected chi connectivity index (χ1v) is 13.1. The fourth-order valence-electron chi connectivity index (χ4n) is 5.31. The van der Waals surface area contributed by atoms with Crippen molar-refractivity contribution in [3.63, 3.8) is 0 Å². The molecule has 5 aromatic rings. The molecule has 0 radical (unpaired) electrons. The predicted octanol–water partition coefficient (Wildman–Crippen LogP) is 4.72. The van der Waals surface area contributed by atoms with E-state index in [1.54, 1.807) is 25.0 Å². The van der Waals surface area contributed by atoms with Gasteiger partial charge in [0, 0.05) is 60.0 Å². The Bertz CT molecular complexity index is 1900. The maximum absolute atomic E-state index is 15.2. The Morgan fingerprint density at radius 1 is 1.10 bits per heavy atom. The number of hydrogen-bond acceptors (Lipinski definition) is 6. The summed E-state index contributed by atoms with van der Waals surface area (Å²) in [6, 6.07) is 12.2. The number of amides is 1. The molecule has 2 aromatic carbocycles. The largest absolute Gasteiger partial charge is 0.491 e. The van der Waals surface area contributed by atoms with Crippen LogP contribution in [0.4, 0.5) is 10.2 Å². The average molecular weight is 533 g/mol. The summed E-state index contributed by atoms with van der Waals surface area (Å²) in [5.74, 6) is 6.74. The lowest BCUT2D eigenvalue weighted by atomic mass is 10.0. The van der Waals surface area contributed by atoms with Gasteiger partial charge in [-0.3, -0.25) is 14.5 Å². The van der Waals surface area contributed by atoms with Gasteiger partial charge in [-0.1, -0.05) is 17.9 Å². The summed E-state index contributed by atoms with van der Waals surface area (Å²) in [6.07, 6.45) is 5.86. The Morgan fingerprint density at radius 3 is 2.67 bits per heavy atom. The predicted molar refractivity (Wildman–Crippen MR) is 149 cm³/mol. The van der Waals surface area contributed by atoms with E-state index >= 15 is 4.39 Å². The van der Waals surface area contributed by atoms with Crippen molar-refractivity contribution in [2.24, 2.45) is 7.05 Å². The molecule has 0 saturated heterocycles. The number of nitrogens with two attached hydrogens (primary N) is 1. The number of aromatic nitrogens is 4. The molecule has 7 rings (SSSR count). The van der Waals surface area contributed by atoms with Gasteiger partial charge >= 0.3 is 0 Å². The lowest BCUT2D eigenvalue weighted by Crippen LogP contribution is -2.32. The number of benzene rings is 2. The molecule has 1 saturated carbocycles. The summed E-state index contributed by atoms with van der Waals surface area (Å²) in [5, 5.41) is 5.51. The summed E-state index contributed by atoms with van der Waals surface area (Å²) in [6.45, 7) is 0.264. The van der Waals surface area contributed by atoms with Crippen molar-refractivity contribution in [1.82, 2.24) is 24.6 Å². The van der Waals surface area contributed by atoms with Crippen LogP contribution in [0.25, 0.3) is 21.8 Å². The average Bonchev–Trinajstić information content (AvgIpc) is 3.61. The van der Waals surface area contributed by atoms with Gasteiger partial charge in [-0.25, -0.2) is 9.37 Å². The number of rotatable bonds is 3. The quantitative estimate of drug-likeness (QED) is 0.338. The summed E-state index contributed by atoms with van der Waals surface area (Å²) >= 11 is 0. The highest BCUT2D eigenvalue weighted by atomic mass is 19.1. The molecule has 0 bridgehead atoms. The molecule has 1 atom stereocenters. The summed E-state index contributed by atoms with van der Waals surface area (Å²) in [4.78, 5) is 23.9. The zero-order chi connectivity index (χ0) is 27.5. The first-order chi connectivity index (χ1) is 19.4. The molecule has 3 aromatic heterocycles. The molecule has 198 valence electrons. The Labute approximate surface area is 229 Å². The Morgan fingerprint density at radius 2 is 1.90 bits per heavy atom. The fourth-order valence-corrected chi connectivity index (χ4v) is 5.31. The van der Waals surface area contributed by atoms with Gasteiger partial charge in [0.1, 0.15) is 24.0 Å². The van der Waals surface area contributed by atoms with Gasteiger partial charge in [-0.2, -0.15) is 5.10 Å². The molecule has 4 heterocycles. The molecule has 1 fully saturated rings.